The zero-order valence-corrected chi connectivity index (χ0v) is 11.6. The first-order valence-corrected chi connectivity index (χ1v) is 6.83. The van der Waals surface area contributed by atoms with Gasteiger partial charge in [0.25, 0.3) is 0 Å². The number of aromatic nitrogens is 2. The topological polar surface area (TPSA) is 63.1 Å². The summed E-state index contributed by atoms with van der Waals surface area (Å²) in [5, 5.41) is 14.5. The molecule has 0 saturated heterocycles. The van der Waals surface area contributed by atoms with Crippen LogP contribution >= 0.6 is 23.1 Å². The van der Waals surface area contributed by atoms with Crippen molar-refractivity contribution in [1.29, 1.82) is 0 Å². The molecule has 0 bridgehead atoms. The van der Waals surface area contributed by atoms with Gasteiger partial charge in [-0.3, -0.25) is 0 Å². The van der Waals surface area contributed by atoms with Gasteiger partial charge in [-0.15, -0.1) is 10.2 Å². The van der Waals surface area contributed by atoms with Gasteiger partial charge in [-0.25, -0.2) is 4.79 Å². The highest BCUT2D eigenvalue weighted by atomic mass is 32.2. The molecule has 1 aromatic heterocycles. The normalized spacial score (nSPS) is 11.6. The third kappa shape index (κ3) is 3.28. The minimum absolute atomic E-state index is 0.107. The Hall–Kier alpha value is -1.61. The molecule has 2 aromatic rings. The van der Waals surface area contributed by atoms with Crippen LogP contribution in [0.15, 0.2) is 27.4 Å². The number of carboxylic acid groups (broad SMARTS) is 1. The largest absolute Gasteiger partial charge is 0.478 e. The Labute approximate surface area is 119 Å². The number of alkyl halides is 3. The zero-order valence-electron chi connectivity index (χ0n) is 9.93. The van der Waals surface area contributed by atoms with E-state index in [0.717, 1.165) is 11.8 Å². The van der Waals surface area contributed by atoms with E-state index in [0.29, 0.717) is 21.8 Å². The third-order valence-corrected chi connectivity index (χ3v) is 4.30. The van der Waals surface area contributed by atoms with Gasteiger partial charge in [-0.2, -0.15) is 13.2 Å². The van der Waals surface area contributed by atoms with Gasteiger partial charge in [0, 0.05) is 4.90 Å². The van der Waals surface area contributed by atoms with Crippen molar-refractivity contribution in [2.24, 2.45) is 0 Å². The number of nitrogens with zero attached hydrogens (tertiary/aromatic N) is 2. The molecule has 0 unspecified atom stereocenters. The molecule has 4 nitrogen and oxygen atoms in total. The lowest BCUT2D eigenvalue weighted by Crippen LogP contribution is -2.03. The van der Waals surface area contributed by atoms with E-state index >= 15 is 0 Å². The summed E-state index contributed by atoms with van der Waals surface area (Å²) in [6.45, 7) is 1.64. The summed E-state index contributed by atoms with van der Waals surface area (Å²) >= 11 is 1.37. The minimum atomic E-state index is -4.52. The van der Waals surface area contributed by atoms with E-state index in [9.17, 15) is 18.0 Å². The van der Waals surface area contributed by atoms with Crippen LogP contribution < -0.4 is 0 Å². The van der Waals surface area contributed by atoms with E-state index in [4.69, 9.17) is 5.11 Å². The van der Waals surface area contributed by atoms with Crippen molar-refractivity contribution in [2.75, 3.05) is 0 Å². The van der Waals surface area contributed by atoms with E-state index in [-0.39, 0.29) is 9.90 Å². The number of hydrogen-bond acceptors (Lipinski definition) is 5. The molecule has 0 aliphatic rings. The fraction of sp³-hybridized carbons (Fsp3) is 0.182. The van der Waals surface area contributed by atoms with Gasteiger partial charge in [-0.1, -0.05) is 29.2 Å². The highest BCUT2D eigenvalue weighted by molar-refractivity contribution is 8.01. The number of hydrogen-bond donors (Lipinski definition) is 1. The highest BCUT2D eigenvalue weighted by Crippen LogP contribution is 2.37. The first-order chi connectivity index (χ1) is 9.27. The highest BCUT2D eigenvalue weighted by Gasteiger charge is 2.35. The number of rotatable bonds is 3. The van der Waals surface area contributed by atoms with Crippen molar-refractivity contribution < 1.29 is 23.1 Å². The Kier molecular flexibility index (Phi) is 4.00. The van der Waals surface area contributed by atoms with Crippen LogP contribution in [-0.2, 0) is 6.18 Å². The molecular weight excluding hydrogens is 313 g/mol. The lowest BCUT2D eigenvalue weighted by molar-refractivity contribution is -0.138. The molecule has 0 atom stereocenters. The Balaban J connectivity index is 2.24. The quantitative estimate of drug-likeness (QED) is 0.934. The number of carboxylic acids is 1. The molecule has 20 heavy (non-hydrogen) atoms. The Morgan fingerprint density at radius 2 is 2.05 bits per heavy atom. The van der Waals surface area contributed by atoms with E-state index in [1.807, 2.05) is 0 Å². The average molecular weight is 320 g/mol. The average Bonchev–Trinajstić information content (AvgIpc) is 2.79. The predicted octanol–water partition coefficient (Wildman–Crippen LogP) is 3.71. The number of aromatic carboxylic acids is 1. The Morgan fingerprint density at radius 3 is 2.60 bits per heavy atom. The van der Waals surface area contributed by atoms with Crippen molar-refractivity contribution in [3.8, 4) is 0 Å². The molecule has 2 rings (SSSR count). The first kappa shape index (κ1) is 14.8. The zero-order chi connectivity index (χ0) is 14.9. The second kappa shape index (κ2) is 5.41. The summed E-state index contributed by atoms with van der Waals surface area (Å²) in [4.78, 5) is 11.5. The van der Waals surface area contributed by atoms with Crippen molar-refractivity contribution in [1.82, 2.24) is 10.2 Å². The fourth-order valence-electron chi connectivity index (χ4n) is 1.36. The second-order valence-corrected chi connectivity index (χ2v) is 6.05. The van der Waals surface area contributed by atoms with E-state index in [1.165, 1.54) is 6.07 Å². The molecule has 0 radical (unpaired) electrons. The molecule has 0 fully saturated rings. The van der Waals surface area contributed by atoms with Crippen molar-refractivity contribution >= 4 is 29.1 Å². The van der Waals surface area contributed by atoms with Crippen LogP contribution in [0.25, 0.3) is 0 Å². The van der Waals surface area contributed by atoms with Crippen LogP contribution in [0.3, 0.4) is 0 Å². The van der Waals surface area contributed by atoms with Crippen molar-refractivity contribution in [3.05, 3.63) is 34.3 Å². The van der Waals surface area contributed by atoms with Crippen LogP contribution in [0.1, 0.15) is 20.9 Å². The summed E-state index contributed by atoms with van der Waals surface area (Å²) in [6.07, 6.45) is -4.52. The van der Waals surface area contributed by atoms with Gasteiger partial charge in [0.1, 0.15) is 0 Å². The Bertz CT molecular complexity index is 655. The Morgan fingerprint density at radius 1 is 1.35 bits per heavy atom. The maximum absolute atomic E-state index is 12.4. The third-order valence-electron chi connectivity index (χ3n) is 2.29. The smallest absolute Gasteiger partial charge is 0.445 e. The van der Waals surface area contributed by atoms with E-state index in [2.05, 4.69) is 10.2 Å². The van der Waals surface area contributed by atoms with Gasteiger partial charge in [0.05, 0.1) is 5.56 Å². The molecule has 0 spiro atoms. The number of aryl methyl sites for hydroxylation is 1. The monoisotopic (exact) mass is 320 g/mol. The van der Waals surface area contributed by atoms with Crippen molar-refractivity contribution in [3.63, 3.8) is 0 Å². The van der Waals surface area contributed by atoms with Crippen LogP contribution in [0.4, 0.5) is 13.2 Å². The van der Waals surface area contributed by atoms with Crippen molar-refractivity contribution in [2.45, 2.75) is 22.3 Å². The predicted molar refractivity (Wildman–Crippen MR) is 67.2 cm³/mol. The van der Waals surface area contributed by atoms with E-state index < -0.39 is 17.2 Å². The number of halogens is 3. The van der Waals surface area contributed by atoms with Gasteiger partial charge in [-0.05, 0) is 24.6 Å². The minimum Gasteiger partial charge on any atom is -0.478 e. The van der Waals surface area contributed by atoms with Crippen LogP contribution in [-0.4, -0.2) is 21.3 Å². The molecule has 1 aromatic carbocycles. The molecule has 1 N–H and O–H groups in total. The lowest BCUT2D eigenvalue weighted by Gasteiger charge is -2.03. The van der Waals surface area contributed by atoms with Gasteiger partial charge < -0.3 is 5.11 Å². The second-order valence-electron chi connectivity index (χ2n) is 3.75. The van der Waals surface area contributed by atoms with Gasteiger partial charge >= 0.3 is 12.1 Å². The molecule has 106 valence electrons. The van der Waals surface area contributed by atoms with Crippen LogP contribution in [0.5, 0.6) is 0 Å². The first-order valence-electron chi connectivity index (χ1n) is 5.20. The van der Waals surface area contributed by atoms with Crippen LogP contribution in [0.2, 0.25) is 0 Å². The molecule has 0 aliphatic heterocycles. The SMILES string of the molecule is Cc1ccc(Sc2nnc(C(F)(F)F)s2)cc1C(=O)O. The maximum Gasteiger partial charge on any atom is 0.445 e. The lowest BCUT2D eigenvalue weighted by atomic mass is 10.1. The molecule has 0 amide bonds. The number of carbonyl (C=O) groups is 1. The summed E-state index contributed by atoms with van der Waals surface area (Å²) < 4.78 is 37.3. The molecule has 9 heteroatoms. The summed E-state index contributed by atoms with van der Waals surface area (Å²) in [5.41, 5.74) is 0.686. The molecule has 0 aliphatic carbocycles. The summed E-state index contributed by atoms with van der Waals surface area (Å²) in [7, 11) is 0. The molecule has 1 heterocycles. The van der Waals surface area contributed by atoms with Crippen LogP contribution in [0, 0.1) is 6.92 Å². The molecule has 0 saturated carbocycles. The van der Waals surface area contributed by atoms with E-state index in [1.54, 1.807) is 19.1 Å². The van der Waals surface area contributed by atoms with Gasteiger partial charge in [0.15, 0.2) is 4.34 Å². The standard InChI is InChI=1S/C11H7F3N2O2S2/c1-5-2-3-6(4-7(5)8(17)18)19-10-16-15-9(20-10)11(12,13)14/h2-4H,1H3,(H,17,18). The maximum atomic E-state index is 12.4. The summed E-state index contributed by atoms with van der Waals surface area (Å²) in [6, 6.07) is 4.62. The number of benzene rings is 1. The fourth-order valence-corrected chi connectivity index (χ4v) is 3.09. The summed E-state index contributed by atoms with van der Waals surface area (Å²) in [5.74, 6) is -1.09. The molecular formula is C11H7F3N2O2S2. The van der Waals surface area contributed by atoms with Gasteiger partial charge in [0.2, 0.25) is 5.01 Å².